The van der Waals surface area contributed by atoms with Crippen molar-refractivity contribution in [2.24, 2.45) is 0 Å². The molecule has 0 fully saturated rings. The molecule has 0 amide bonds. The van der Waals surface area contributed by atoms with Crippen LogP contribution >= 0.6 is 23.8 Å². The summed E-state index contributed by atoms with van der Waals surface area (Å²) in [4.78, 5) is 3.11. The fraction of sp³-hybridized carbons (Fsp3) is 0.357. The lowest BCUT2D eigenvalue weighted by molar-refractivity contribution is 0.556. The number of imidazole rings is 1. The van der Waals surface area contributed by atoms with E-state index in [9.17, 15) is 0 Å². The zero-order valence-electron chi connectivity index (χ0n) is 11.0. The van der Waals surface area contributed by atoms with E-state index in [1.54, 1.807) is 0 Å². The molecule has 0 bridgehead atoms. The third-order valence-corrected chi connectivity index (χ3v) is 3.51. The molecule has 0 aliphatic rings. The second-order valence-electron chi connectivity index (χ2n) is 5.52. The Labute approximate surface area is 118 Å². The summed E-state index contributed by atoms with van der Waals surface area (Å²) in [6.45, 7) is 8.52. The van der Waals surface area contributed by atoms with Gasteiger partial charge in [0.25, 0.3) is 0 Å². The Morgan fingerprint density at radius 3 is 2.56 bits per heavy atom. The quantitative estimate of drug-likeness (QED) is 0.745. The van der Waals surface area contributed by atoms with Crippen LogP contribution in [-0.2, 0) is 5.41 Å². The molecule has 1 aromatic heterocycles. The Balaban J connectivity index is 2.75. The highest BCUT2D eigenvalue weighted by Crippen LogP contribution is 2.29. The van der Waals surface area contributed by atoms with Gasteiger partial charge in [-0.15, -0.1) is 0 Å². The van der Waals surface area contributed by atoms with Crippen molar-refractivity contribution in [2.45, 2.75) is 33.1 Å². The molecular formula is C14H17ClN2S. The monoisotopic (exact) mass is 280 g/mol. The molecule has 0 saturated carbocycles. The lowest BCUT2D eigenvalue weighted by atomic mass is 9.92. The van der Waals surface area contributed by atoms with Gasteiger partial charge in [-0.1, -0.05) is 38.4 Å². The van der Waals surface area contributed by atoms with E-state index in [1.165, 1.54) is 0 Å². The molecule has 0 radical (unpaired) electrons. The summed E-state index contributed by atoms with van der Waals surface area (Å²) in [5.41, 5.74) is 3.23. The predicted molar refractivity (Wildman–Crippen MR) is 79.4 cm³/mol. The molecular weight excluding hydrogens is 264 g/mol. The van der Waals surface area contributed by atoms with Gasteiger partial charge in [0.15, 0.2) is 4.77 Å². The van der Waals surface area contributed by atoms with E-state index in [0.29, 0.717) is 9.79 Å². The smallest absolute Gasteiger partial charge is 0.182 e. The highest BCUT2D eigenvalue weighted by atomic mass is 35.5. The molecule has 96 valence electrons. The molecule has 2 nitrogen and oxygen atoms in total. The van der Waals surface area contributed by atoms with E-state index in [-0.39, 0.29) is 5.41 Å². The number of aromatic nitrogens is 2. The number of benzene rings is 1. The van der Waals surface area contributed by atoms with Gasteiger partial charge in [-0.3, -0.25) is 4.57 Å². The minimum Gasteiger partial charge on any atom is -0.337 e. The summed E-state index contributed by atoms with van der Waals surface area (Å²) in [6.07, 6.45) is 1.96. The first-order chi connectivity index (χ1) is 8.30. The normalized spacial score (nSPS) is 11.8. The van der Waals surface area contributed by atoms with Gasteiger partial charge in [-0.25, -0.2) is 0 Å². The van der Waals surface area contributed by atoms with Crippen molar-refractivity contribution in [1.82, 2.24) is 9.55 Å². The number of aryl methyl sites for hydroxylation is 1. The molecule has 1 heterocycles. The number of nitrogens with one attached hydrogen (secondary N) is 1. The SMILES string of the molecule is Cc1ccc(Cl)c(-n2c(C(C)(C)C)c[nH]c2=S)c1. The summed E-state index contributed by atoms with van der Waals surface area (Å²) < 4.78 is 2.69. The molecule has 1 aromatic carbocycles. The molecule has 0 spiro atoms. The lowest BCUT2D eigenvalue weighted by Crippen LogP contribution is -2.17. The standard InChI is InChI=1S/C14H17ClN2S/c1-9-5-6-10(15)11(7-9)17-12(14(2,3)4)8-16-13(17)18/h5-8H,1-4H3,(H,16,18). The second-order valence-corrected chi connectivity index (χ2v) is 6.31. The molecule has 0 unspecified atom stereocenters. The van der Waals surface area contributed by atoms with Crippen molar-refractivity contribution in [3.05, 3.63) is 45.4 Å². The van der Waals surface area contributed by atoms with Crippen LogP contribution in [0.5, 0.6) is 0 Å². The number of nitrogens with zero attached hydrogens (tertiary/aromatic N) is 1. The fourth-order valence-corrected chi connectivity index (χ4v) is 2.41. The van der Waals surface area contributed by atoms with E-state index in [1.807, 2.05) is 29.8 Å². The Morgan fingerprint density at radius 1 is 1.28 bits per heavy atom. The first-order valence-corrected chi connectivity index (χ1v) is 6.67. The van der Waals surface area contributed by atoms with Gasteiger partial charge in [0.05, 0.1) is 10.7 Å². The lowest BCUT2D eigenvalue weighted by Gasteiger charge is -2.21. The van der Waals surface area contributed by atoms with Crippen LogP contribution in [0.25, 0.3) is 5.69 Å². The van der Waals surface area contributed by atoms with Gasteiger partial charge < -0.3 is 4.98 Å². The number of H-pyrrole nitrogens is 1. The summed E-state index contributed by atoms with van der Waals surface area (Å²) in [5.74, 6) is 0. The molecule has 0 aliphatic carbocycles. The number of aromatic amines is 1. The fourth-order valence-electron chi connectivity index (χ4n) is 1.95. The third kappa shape index (κ3) is 2.38. The maximum Gasteiger partial charge on any atom is 0.182 e. The third-order valence-electron chi connectivity index (χ3n) is 2.89. The summed E-state index contributed by atoms with van der Waals surface area (Å²) in [5, 5.41) is 0.710. The van der Waals surface area contributed by atoms with Gasteiger partial charge in [-0.2, -0.15) is 0 Å². The summed E-state index contributed by atoms with van der Waals surface area (Å²) >= 11 is 11.7. The molecule has 4 heteroatoms. The molecule has 18 heavy (non-hydrogen) atoms. The maximum atomic E-state index is 6.30. The minimum absolute atomic E-state index is 0.000630. The average molecular weight is 281 g/mol. The first kappa shape index (κ1) is 13.4. The number of hydrogen-bond donors (Lipinski definition) is 1. The van der Waals surface area contributed by atoms with E-state index in [0.717, 1.165) is 16.9 Å². The Morgan fingerprint density at radius 2 is 1.94 bits per heavy atom. The van der Waals surface area contributed by atoms with Crippen LogP contribution in [0.1, 0.15) is 32.0 Å². The summed E-state index contributed by atoms with van der Waals surface area (Å²) in [6, 6.07) is 5.97. The van der Waals surface area contributed by atoms with E-state index in [4.69, 9.17) is 23.8 Å². The number of halogens is 1. The van der Waals surface area contributed by atoms with Gasteiger partial charge in [0.1, 0.15) is 0 Å². The molecule has 0 atom stereocenters. The van der Waals surface area contributed by atoms with Crippen LogP contribution in [0.4, 0.5) is 0 Å². The van der Waals surface area contributed by atoms with E-state index in [2.05, 4.69) is 31.8 Å². The summed E-state index contributed by atoms with van der Waals surface area (Å²) in [7, 11) is 0. The zero-order chi connectivity index (χ0) is 13.5. The van der Waals surface area contributed by atoms with E-state index < -0.39 is 0 Å². The predicted octanol–water partition coefficient (Wildman–Crippen LogP) is 4.79. The van der Waals surface area contributed by atoms with Gasteiger partial charge in [0.2, 0.25) is 0 Å². The van der Waals surface area contributed by atoms with Crippen LogP contribution in [0.3, 0.4) is 0 Å². The second kappa shape index (κ2) is 4.56. The van der Waals surface area contributed by atoms with Crippen molar-refractivity contribution in [1.29, 1.82) is 0 Å². The maximum absolute atomic E-state index is 6.30. The Hall–Kier alpha value is -1.06. The highest BCUT2D eigenvalue weighted by Gasteiger charge is 2.21. The van der Waals surface area contributed by atoms with Crippen molar-refractivity contribution in [3.8, 4) is 5.69 Å². The number of rotatable bonds is 1. The molecule has 0 aliphatic heterocycles. The Kier molecular flexibility index (Phi) is 3.39. The molecule has 2 aromatic rings. The average Bonchev–Trinajstić information content (AvgIpc) is 2.63. The first-order valence-electron chi connectivity index (χ1n) is 5.88. The topological polar surface area (TPSA) is 20.7 Å². The number of hydrogen-bond acceptors (Lipinski definition) is 1. The highest BCUT2D eigenvalue weighted by molar-refractivity contribution is 7.71. The Bertz CT molecular complexity index is 632. The largest absolute Gasteiger partial charge is 0.337 e. The van der Waals surface area contributed by atoms with E-state index >= 15 is 0 Å². The van der Waals surface area contributed by atoms with Crippen LogP contribution in [0.15, 0.2) is 24.4 Å². The molecule has 0 saturated heterocycles. The van der Waals surface area contributed by atoms with Gasteiger partial charge >= 0.3 is 0 Å². The van der Waals surface area contributed by atoms with Gasteiger partial charge in [-0.05, 0) is 36.8 Å². The molecule has 1 N–H and O–H groups in total. The zero-order valence-corrected chi connectivity index (χ0v) is 12.6. The van der Waals surface area contributed by atoms with Gasteiger partial charge in [0, 0.05) is 17.3 Å². The van der Waals surface area contributed by atoms with Crippen molar-refractivity contribution >= 4 is 23.8 Å². The van der Waals surface area contributed by atoms with Crippen LogP contribution in [0, 0.1) is 11.7 Å². The minimum atomic E-state index is 0.000630. The van der Waals surface area contributed by atoms with Crippen LogP contribution < -0.4 is 0 Å². The van der Waals surface area contributed by atoms with Crippen LogP contribution in [0.2, 0.25) is 5.02 Å². The molecule has 2 rings (SSSR count). The van der Waals surface area contributed by atoms with Crippen molar-refractivity contribution in [3.63, 3.8) is 0 Å². The van der Waals surface area contributed by atoms with Crippen LogP contribution in [-0.4, -0.2) is 9.55 Å². The van der Waals surface area contributed by atoms with Crippen molar-refractivity contribution < 1.29 is 0 Å². The van der Waals surface area contributed by atoms with Crippen molar-refractivity contribution in [2.75, 3.05) is 0 Å².